The van der Waals surface area contributed by atoms with Gasteiger partial charge in [0.1, 0.15) is 17.1 Å². The first kappa shape index (κ1) is 23.5. The first-order chi connectivity index (χ1) is 17.4. The van der Waals surface area contributed by atoms with E-state index in [-0.39, 0.29) is 23.0 Å². The van der Waals surface area contributed by atoms with Gasteiger partial charge in [0, 0.05) is 17.7 Å². The van der Waals surface area contributed by atoms with E-state index in [0.717, 1.165) is 48.9 Å². The number of aliphatic carboxylic acids is 1. The molecule has 36 heavy (non-hydrogen) atoms. The summed E-state index contributed by atoms with van der Waals surface area (Å²) in [6, 6.07) is 10.5. The number of aromatic hydroxyl groups is 1. The van der Waals surface area contributed by atoms with Crippen LogP contribution in [0.4, 0.5) is 4.39 Å². The number of carboxylic acid groups (broad SMARTS) is 1. The van der Waals surface area contributed by atoms with Crippen LogP contribution in [0.25, 0.3) is 16.8 Å². The van der Waals surface area contributed by atoms with E-state index in [2.05, 4.69) is 15.4 Å². The van der Waals surface area contributed by atoms with Crippen molar-refractivity contribution >= 4 is 17.5 Å². The molecule has 1 fully saturated rings. The standard InChI is InChI=1S/C27H25FN4O4/c28-19-10-6-16(7-11-19)21-14-29-25-22(15-30-32(25)24(21)18-4-2-1-3-5-18)26(34)31-23(27(35)36)17-8-12-20(33)13-9-17/h6-15,18,23,33H,1-5H2,(H,31,34)(H,35,36)/t23-/m0/s1. The molecule has 1 atom stereocenters. The molecule has 5 rings (SSSR count). The molecular weight excluding hydrogens is 463 g/mol. The fourth-order valence-corrected chi connectivity index (χ4v) is 4.89. The zero-order valence-electron chi connectivity index (χ0n) is 19.4. The molecule has 0 spiro atoms. The Balaban J connectivity index is 1.55. The van der Waals surface area contributed by atoms with Gasteiger partial charge in [-0.2, -0.15) is 5.10 Å². The van der Waals surface area contributed by atoms with Crippen LogP contribution in [0.3, 0.4) is 0 Å². The van der Waals surface area contributed by atoms with Crippen LogP contribution in [0.2, 0.25) is 0 Å². The number of carbonyl (C=O) groups excluding carboxylic acids is 1. The van der Waals surface area contributed by atoms with Crippen molar-refractivity contribution in [3.8, 4) is 16.9 Å². The smallest absolute Gasteiger partial charge is 0.330 e. The van der Waals surface area contributed by atoms with Gasteiger partial charge in [-0.05, 0) is 48.2 Å². The topological polar surface area (TPSA) is 117 Å². The second-order valence-corrected chi connectivity index (χ2v) is 9.03. The third-order valence-corrected chi connectivity index (χ3v) is 6.70. The maximum absolute atomic E-state index is 13.6. The lowest BCUT2D eigenvalue weighted by molar-refractivity contribution is -0.139. The van der Waals surface area contributed by atoms with Crippen LogP contribution in [-0.2, 0) is 4.79 Å². The number of hydrogen-bond acceptors (Lipinski definition) is 5. The van der Waals surface area contributed by atoms with Gasteiger partial charge in [-0.25, -0.2) is 18.7 Å². The highest BCUT2D eigenvalue weighted by atomic mass is 19.1. The Morgan fingerprint density at radius 2 is 1.69 bits per heavy atom. The van der Waals surface area contributed by atoms with Crippen molar-refractivity contribution in [3.63, 3.8) is 0 Å². The van der Waals surface area contributed by atoms with Crippen LogP contribution in [-0.4, -0.2) is 36.7 Å². The van der Waals surface area contributed by atoms with E-state index in [1.54, 1.807) is 22.8 Å². The number of hydrogen-bond donors (Lipinski definition) is 3. The predicted octanol–water partition coefficient (Wildman–Crippen LogP) is 4.84. The quantitative estimate of drug-likeness (QED) is 0.357. The van der Waals surface area contributed by atoms with E-state index in [1.807, 2.05) is 0 Å². The summed E-state index contributed by atoms with van der Waals surface area (Å²) in [5, 5.41) is 26.3. The van der Waals surface area contributed by atoms with E-state index in [4.69, 9.17) is 0 Å². The highest BCUT2D eigenvalue weighted by molar-refractivity contribution is 6.01. The molecule has 0 saturated heterocycles. The molecule has 3 N–H and O–H groups in total. The molecule has 9 heteroatoms. The normalized spacial score (nSPS) is 15.0. The number of rotatable bonds is 6. The third-order valence-electron chi connectivity index (χ3n) is 6.70. The van der Waals surface area contributed by atoms with Crippen molar-refractivity contribution < 1.29 is 24.2 Å². The van der Waals surface area contributed by atoms with E-state index in [0.29, 0.717) is 11.2 Å². The van der Waals surface area contributed by atoms with E-state index in [9.17, 15) is 24.2 Å². The van der Waals surface area contributed by atoms with Crippen LogP contribution < -0.4 is 5.32 Å². The number of phenols is 1. The van der Waals surface area contributed by atoms with Crippen molar-refractivity contribution in [2.45, 2.75) is 44.1 Å². The Bertz CT molecular complexity index is 1410. The molecule has 1 aliphatic rings. The monoisotopic (exact) mass is 488 g/mol. The van der Waals surface area contributed by atoms with Gasteiger partial charge in [0.15, 0.2) is 11.7 Å². The lowest BCUT2D eigenvalue weighted by Gasteiger charge is -2.25. The molecule has 2 heterocycles. The van der Waals surface area contributed by atoms with E-state index >= 15 is 0 Å². The minimum Gasteiger partial charge on any atom is -0.508 e. The summed E-state index contributed by atoms with van der Waals surface area (Å²) < 4.78 is 15.2. The summed E-state index contributed by atoms with van der Waals surface area (Å²) in [7, 11) is 0. The molecular formula is C27H25FN4O4. The number of carbonyl (C=O) groups is 2. The fraction of sp³-hybridized carbons (Fsp3) is 0.259. The van der Waals surface area contributed by atoms with Gasteiger partial charge in [0.2, 0.25) is 0 Å². The highest BCUT2D eigenvalue weighted by Gasteiger charge is 2.28. The Morgan fingerprint density at radius 3 is 2.36 bits per heavy atom. The molecule has 8 nitrogen and oxygen atoms in total. The van der Waals surface area contributed by atoms with Crippen molar-refractivity contribution in [1.82, 2.24) is 19.9 Å². The Morgan fingerprint density at radius 1 is 1.00 bits per heavy atom. The van der Waals surface area contributed by atoms with Gasteiger partial charge in [-0.1, -0.05) is 43.5 Å². The molecule has 0 unspecified atom stereocenters. The summed E-state index contributed by atoms with van der Waals surface area (Å²) in [4.78, 5) is 29.6. The number of fused-ring (bicyclic) bond motifs is 1. The SMILES string of the molecule is O=C(N[C@H](C(=O)O)c1ccc(O)cc1)c1cnn2c(C3CCCCC3)c(-c3ccc(F)cc3)cnc12. The molecule has 2 aromatic carbocycles. The lowest BCUT2D eigenvalue weighted by Crippen LogP contribution is -2.33. The lowest BCUT2D eigenvalue weighted by atomic mass is 9.84. The average molecular weight is 489 g/mol. The minimum atomic E-state index is -1.32. The van der Waals surface area contributed by atoms with Gasteiger partial charge in [0.05, 0.1) is 11.9 Å². The average Bonchev–Trinajstić information content (AvgIpc) is 3.32. The van der Waals surface area contributed by atoms with E-state index < -0.39 is 17.9 Å². The number of phenolic OH excluding ortho intramolecular Hbond substituents is 1. The molecule has 1 aliphatic carbocycles. The van der Waals surface area contributed by atoms with Gasteiger partial charge in [-0.3, -0.25) is 4.79 Å². The van der Waals surface area contributed by atoms with Crippen LogP contribution in [0, 0.1) is 5.82 Å². The fourth-order valence-electron chi connectivity index (χ4n) is 4.89. The first-order valence-corrected chi connectivity index (χ1v) is 11.9. The van der Waals surface area contributed by atoms with Gasteiger partial charge < -0.3 is 15.5 Å². The van der Waals surface area contributed by atoms with Gasteiger partial charge >= 0.3 is 5.97 Å². The van der Waals surface area contributed by atoms with Crippen LogP contribution in [0.1, 0.15) is 65.7 Å². The largest absolute Gasteiger partial charge is 0.508 e. The molecule has 1 amide bonds. The van der Waals surface area contributed by atoms with Crippen molar-refractivity contribution in [2.75, 3.05) is 0 Å². The summed E-state index contributed by atoms with van der Waals surface area (Å²) in [6.45, 7) is 0. The second kappa shape index (κ2) is 9.77. The Labute approximate surface area is 206 Å². The minimum absolute atomic E-state index is 0.00625. The predicted molar refractivity (Wildman–Crippen MR) is 130 cm³/mol. The molecule has 184 valence electrons. The van der Waals surface area contributed by atoms with Crippen LogP contribution >= 0.6 is 0 Å². The summed E-state index contributed by atoms with van der Waals surface area (Å²) in [6.07, 6.45) is 8.34. The number of aromatic nitrogens is 3. The van der Waals surface area contributed by atoms with Crippen LogP contribution in [0.5, 0.6) is 5.75 Å². The molecule has 0 radical (unpaired) electrons. The summed E-state index contributed by atoms with van der Waals surface area (Å²) >= 11 is 0. The zero-order valence-corrected chi connectivity index (χ0v) is 19.4. The molecule has 4 aromatic rings. The zero-order chi connectivity index (χ0) is 25.2. The third kappa shape index (κ3) is 4.51. The maximum Gasteiger partial charge on any atom is 0.330 e. The molecule has 0 bridgehead atoms. The van der Waals surface area contributed by atoms with Crippen molar-refractivity contribution in [1.29, 1.82) is 0 Å². The van der Waals surface area contributed by atoms with Gasteiger partial charge in [-0.15, -0.1) is 0 Å². The summed E-state index contributed by atoms with van der Waals surface area (Å²) in [5.74, 6) is -1.99. The molecule has 0 aliphatic heterocycles. The molecule has 1 saturated carbocycles. The highest BCUT2D eigenvalue weighted by Crippen LogP contribution is 2.38. The Hall–Kier alpha value is -4.27. The number of nitrogens with zero attached hydrogens (tertiary/aromatic N) is 3. The van der Waals surface area contributed by atoms with E-state index in [1.165, 1.54) is 42.6 Å². The first-order valence-electron chi connectivity index (χ1n) is 11.9. The number of halogens is 1. The number of amides is 1. The van der Waals surface area contributed by atoms with Gasteiger partial charge in [0.25, 0.3) is 5.91 Å². The summed E-state index contributed by atoms with van der Waals surface area (Å²) in [5.41, 5.74) is 3.36. The number of carboxylic acids is 1. The number of benzene rings is 2. The van der Waals surface area contributed by atoms with Crippen LogP contribution in [0.15, 0.2) is 60.9 Å². The maximum atomic E-state index is 13.6. The van der Waals surface area contributed by atoms with Crippen molar-refractivity contribution in [2.24, 2.45) is 0 Å². The molecule has 2 aromatic heterocycles. The van der Waals surface area contributed by atoms with Crippen molar-refractivity contribution in [3.05, 3.63) is 83.6 Å². The second-order valence-electron chi connectivity index (χ2n) is 9.03. The number of nitrogens with one attached hydrogen (secondary N) is 1. The Kier molecular flexibility index (Phi) is 6.37.